The maximum atomic E-state index is 6.44. The number of hydrogen-bond acceptors (Lipinski definition) is 2. The summed E-state index contributed by atoms with van der Waals surface area (Å²) in [5, 5.41) is 3.50. The van der Waals surface area contributed by atoms with Gasteiger partial charge in [-0.25, -0.2) is 0 Å². The number of benzene rings is 1. The molecule has 118 valence electrons. The fraction of sp³-hybridized carbons (Fsp3) is 0.684. The third-order valence-corrected chi connectivity index (χ3v) is 4.60. The Morgan fingerprint density at radius 3 is 2.76 bits per heavy atom. The van der Waals surface area contributed by atoms with Gasteiger partial charge in [-0.3, -0.25) is 0 Å². The minimum atomic E-state index is 0.413. The van der Waals surface area contributed by atoms with Crippen molar-refractivity contribution in [1.82, 2.24) is 5.32 Å². The number of aryl methyl sites for hydroxylation is 1. The molecule has 1 aromatic rings. The van der Waals surface area contributed by atoms with Crippen molar-refractivity contribution in [3.63, 3.8) is 0 Å². The molecule has 0 amide bonds. The summed E-state index contributed by atoms with van der Waals surface area (Å²) in [7, 11) is 0. The molecule has 2 unspecified atom stereocenters. The van der Waals surface area contributed by atoms with Crippen molar-refractivity contribution in [3.8, 4) is 5.75 Å². The Morgan fingerprint density at radius 2 is 2.00 bits per heavy atom. The summed E-state index contributed by atoms with van der Waals surface area (Å²) in [6.45, 7) is 8.63. The summed E-state index contributed by atoms with van der Waals surface area (Å²) in [5.41, 5.74) is 2.62. The van der Waals surface area contributed by atoms with Gasteiger partial charge in [0.2, 0.25) is 0 Å². The first kappa shape index (κ1) is 16.4. The SMILES string of the molecule is CCCNCc1cc(C)ccc1OC1CCCCC1CC. The molecule has 2 nitrogen and oxygen atoms in total. The van der Waals surface area contributed by atoms with E-state index in [1.807, 2.05) is 0 Å². The van der Waals surface area contributed by atoms with E-state index in [1.54, 1.807) is 0 Å². The lowest BCUT2D eigenvalue weighted by atomic mass is 9.84. The van der Waals surface area contributed by atoms with Crippen LogP contribution in [-0.4, -0.2) is 12.6 Å². The van der Waals surface area contributed by atoms with Crippen LogP contribution >= 0.6 is 0 Å². The molecule has 0 bridgehead atoms. The molecule has 2 heteroatoms. The average molecular weight is 289 g/mol. The van der Waals surface area contributed by atoms with E-state index in [4.69, 9.17) is 4.74 Å². The summed E-state index contributed by atoms with van der Waals surface area (Å²) < 4.78 is 6.44. The van der Waals surface area contributed by atoms with E-state index in [2.05, 4.69) is 44.3 Å². The van der Waals surface area contributed by atoms with Crippen molar-refractivity contribution in [3.05, 3.63) is 29.3 Å². The Labute approximate surface area is 130 Å². The molecule has 1 fully saturated rings. The predicted octanol–water partition coefficient (Wildman–Crippen LogP) is 4.84. The minimum Gasteiger partial charge on any atom is -0.490 e. The highest BCUT2D eigenvalue weighted by Crippen LogP contribution is 2.32. The van der Waals surface area contributed by atoms with Gasteiger partial charge in [-0.2, -0.15) is 0 Å². The van der Waals surface area contributed by atoms with Crippen LogP contribution in [0.15, 0.2) is 18.2 Å². The first-order chi connectivity index (χ1) is 10.2. The van der Waals surface area contributed by atoms with Crippen LogP contribution in [0.4, 0.5) is 0 Å². The number of hydrogen-bond donors (Lipinski definition) is 1. The van der Waals surface area contributed by atoms with E-state index in [9.17, 15) is 0 Å². The second-order valence-electron chi connectivity index (χ2n) is 6.40. The molecule has 2 atom stereocenters. The second-order valence-corrected chi connectivity index (χ2v) is 6.40. The minimum absolute atomic E-state index is 0.413. The maximum absolute atomic E-state index is 6.44. The molecule has 0 aromatic heterocycles. The molecule has 0 radical (unpaired) electrons. The largest absolute Gasteiger partial charge is 0.490 e. The lowest BCUT2D eigenvalue weighted by Gasteiger charge is -2.32. The Balaban J connectivity index is 2.06. The second kappa shape index (κ2) is 8.43. The van der Waals surface area contributed by atoms with Gasteiger partial charge in [0.1, 0.15) is 11.9 Å². The van der Waals surface area contributed by atoms with Crippen LogP contribution in [-0.2, 0) is 6.54 Å². The molecule has 0 spiro atoms. The predicted molar refractivity (Wildman–Crippen MR) is 89.8 cm³/mol. The summed E-state index contributed by atoms with van der Waals surface area (Å²) in [6.07, 6.45) is 8.05. The van der Waals surface area contributed by atoms with Crippen LogP contribution in [0, 0.1) is 12.8 Å². The van der Waals surface area contributed by atoms with Crippen molar-refractivity contribution in [1.29, 1.82) is 0 Å². The number of rotatable bonds is 7. The Morgan fingerprint density at radius 1 is 1.19 bits per heavy atom. The van der Waals surface area contributed by atoms with Crippen LogP contribution in [0.2, 0.25) is 0 Å². The molecule has 1 aromatic carbocycles. The quantitative estimate of drug-likeness (QED) is 0.725. The maximum Gasteiger partial charge on any atom is 0.124 e. The van der Waals surface area contributed by atoms with Crippen LogP contribution in [0.25, 0.3) is 0 Å². The molecular weight excluding hydrogens is 258 g/mol. The highest BCUT2D eigenvalue weighted by Gasteiger charge is 2.25. The van der Waals surface area contributed by atoms with Gasteiger partial charge < -0.3 is 10.1 Å². The molecule has 1 N–H and O–H groups in total. The van der Waals surface area contributed by atoms with Crippen LogP contribution < -0.4 is 10.1 Å². The third kappa shape index (κ3) is 4.74. The summed E-state index contributed by atoms with van der Waals surface area (Å²) in [4.78, 5) is 0. The molecule has 1 aliphatic rings. The van der Waals surface area contributed by atoms with Gasteiger partial charge in [0, 0.05) is 12.1 Å². The lowest BCUT2D eigenvalue weighted by Crippen LogP contribution is -2.30. The van der Waals surface area contributed by atoms with Gasteiger partial charge in [-0.15, -0.1) is 0 Å². The van der Waals surface area contributed by atoms with Crippen molar-refractivity contribution < 1.29 is 4.74 Å². The zero-order valence-electron chi connectivity index (χ0n) is 14.0. The number of ether oxygens (including phenoxy) is 1. The molecule has 0 aliphatic heterocycles. The fourth-order valence-electron chi connectivity index (χ4n) is 3.32. The molecular formula is C19H31NO. The molecule has 1 aliphatic carbocycles. The van der Waals surface area contributed by atoms with Crippen molar-refractivity contribution >= 4 is 0 Å². The standard InChI is InChI=1S/C19H31NO/c1-4-12-20-14-17-13-15(3)10-11-19(17)21-18-9-7-6-8-16(18)5-2/h10-11,13,16,18,20H,4-9,12,14H2,1-3H3. The number of nitrogens with one attached hydrogen (secondary N) is 1. The Hall–Kier alpha value is -1.02. The molecule has 0 saturated heterocycles. The smallest absolute Gasteiger partial charge is 0.124 e. The molecule has 0 heterocycles. The Kier molecular flexibility index (Phi) is 6.56. The highest BCUT2D eigenvalue weighted by molar-refractivity contribution is 5.37. The van der Waals surface area contributed by atoms with Crippen LogP contribution in [0.5, 0.6) is 5.75 Å². The van der Waals surface area contributed by atoms with Crippen LogP contribution in [0.3, 0.4) is 0 Å². The van der Waals surface area contributed by atoms with E-state index in [-0.39, 0.29) is 0 Å². The summed E-state index contributed by atoms with van der Waals surface area (Å²) in [5.74, 6) is 1.83. The fourth-order valence-corrected chi connectivity index (χ4v) is 3.32. The topological polar surface area (TPSA) is 21.3 Å². The van der Waals surface area contributed by atoms with Crippen molar-refractivity contribution in [2.45, 2.75) is 71.9 Å². The van der Waals surface area contributed by atoms with Crippen LogP contribution in [0.1, 0.15) is 63.5 Å². The highest BCUT2D eigenvalue weighted by atomic mass is 16.5. The first-order valence-electron chi connectivity index (χ1n) is 8.71. The van der Waals surface area contributed by atoms with E-state index < -0.39 is 0 Å². The molecule has 1 saturated carbocycles. The molecule has 2 rings (SSSR count). The summed E-state index contributed by atoms with van der Waals surface area (Å²) >= 11 is 0. The normalized spacial score (nSPS) is 22.2. The van der Waals surface area contributed by atoms with Crippen molar-refractivity contribution in [2.24, 2.45) is 5.92 Å². The van der Waals surface area contributed by atoms with Crippen molar-refractivity contribution in [2.75, 3.05) is 6.54 Å². The Bertz CT molecular complexity index is 430. The monoisotopic (exact) mass is 289 g/mol. The van der Waals surface area contributed by atoms with Gasteiger partial charge in [0.25, 0.3) is 0 Å². The summed E-state index contributed by atoms with van der Waals surface area (Å²) in [6, 6.07) is 6.60. The zero-order chi connectivity index (χ0) is 15.1. The van der Waals surface area contributed by atoms with E-state index in [0.717, 1.165) is 24.8 Å². The first-order valence-corrected chi connectivity index (χ1v) is 8.71. The van der Waals surface area contributed by atoms with Gasteiger partial charge in [-0.05, 0) is 57.6 Å². The van der Waals surface area contributed by atoms with E-state index in [1.165, 1.54) is 49.7 Å². The van der Waals surface area contributed by atoms with E-state index in [0.29, 0.717) is 6.10 Å². The van der Waals surface area contributed by atoms with Gasteiger partial charge in [0.15, 0.2) is 0 Å². The molecule has 21 heavy (non-hydrogen) atoms. The average Bonchev–Trinajstić information content (AvgIpc) is 2.50. The lowest BCUT2D eigenvalue weighted by molar-refractivity contribution is 0.0893. The van der Waals surface area contributed by atoms with E-state index >= 15 is 0 Å². The van der Waals surface area contributed by atoms with Gasteiger partial charge in [0.05, 0.1) is 0 Å². The van der Waals surface area contributed by atoms with Gasteiger partial charge >= 0.3 is 0 Å². The van der Waals surface area contributed by atoms with Gasteiger partial charge in [-0.1, -0.05) is 38.0 Å². The third-order valence-electron chi connectivity index (χ3n) is 4.60. The zero-order valence-corrected chi connectivity index (χ0v) is 14.0.